The standard InChI is InChI=1S/C23H18F4N2O6S/c1-13-2-8-18(24)20-17(13)10-11-29(21(20)22(30)31)36(32,33)16-7-9-19(28-12-16)34-14-3-5-15(6-4-14)35-23(25,26)27/h2-9,12,21H,10-11H2,1H3,(H,30,31). The number of ether oxygens (including phenoxy) is 2. The predicted octanol–water partition coefficient (Wildman–Crippen LogP) is 4.59. The number of nitrogens with zero attached hydrogens (tertiary/aromatic N) is 2. The van der Waals surface area contributed by atoms with E-state index in [1.165, 1.54) is 24.3 Å². The molecule has 0 bridgehead atoms. The van der Waals surface area contributed by atoms with Crippen LogP contribution in [0, 0.1) is 12.7 Å². The van der Waals surface area contributed by atoms with Crippen LogP contribution in [0.4, 0.5) is 17.6 Å². The number of benzene rings is 2. The summed E-state index contributed by atoms with van der Waals surface area (Å²) in [5.41, 5.74) is 0.932. The van der Waals surface area contributed by atoms with Gasteiger partial charge in [-0.1, -0.05) is 6.07 Å². The minimum absolute atomic E-state index is 0.0705. The molecule has 1 unspecified atom stereocenters. The molecule has 0 saturated carbocycles. The highest BCUT2D eigenvalue weighted by molar-refractivity contribution is 7.89. The summed E-state index contributed by atoms with van der Waals surface area (Å²) in [4.78, 5) is 15.6. The van der Waals surface area contributed by atoms with Crippen LogP contribution in [-0.4, -0.2) is 41.7 Å². The number of aromatic nitrogens is 1. The molecule has 0 fully saturated rings. The summed E-state index contributed by atoms with van der Waals surface area (Å²) in [5.74, 6) is -2.74. The Hall–Kier alpha value is -3.71. The fraction of sp³-hybridized carbons (Fsp3) is 0.217. The first-order valence-electron chi connectivity index (χ1n) is 10.4. The number of sulfonamides is 1. The molecule has 0 amide bonds. The number of alkyl halides is 3. The Morgan fingerprint density at radius 3 is 2.33 bits per heavy atom. The molecule has 1 atom stereocenters. The van der Waals surface area contributed by atoms with Crippen molar-refractivity contribution in [3.8, 4) is 17.4 Å². The average Bonchev–Trinajstić information content (AvgIpc) is 2.81. The van der Waals surface area contributed by atoms with Crippen LogP contribution >= 0.6 is 0 Å². The number of halogens is 4. The van der Waals surface area contributed by atoms with Gasteiger partial charge in [0.2, 0.25) is 15.9 Å². The minimum atomic E-state index is -4.84. The number of rotatable bonds is 6. The highest BCUT2D eigenvalue weighted by atomic mass is 32.2. The molecule has 8 nitrogen and oxygen atoms in total. The molecule has 1 aliphatic rings. The van der Waals surface area contributed by atoms with Crippen LogP contribution in [-0.2, 0) is 21.2 Å². The van der Waals surface area contributed by atoms with Crippen molar-refractivity contribution >= 4 is 16.0 Å². The molecule has 2 aromatic carbocycles. The molecule has 13 heteroatoms. The van der Waals surface area contributed by atoms with E-state index in [0.717, 1.165) is 34.8 Å². The zero-order valence-corrected chi connectivity index (χ0v) is 19.3. The molecule has 0 aliphatic carbocycles. The lowest BCUT2D eigenvalue weighted by molar-refractivity contribution is -0.274. The van der Waals surface area contributed by atoms with Crippen LogP contribution in [0.1, 0.15) is 22.7 Å². The van der Waals surface area contributed by atoms with Crippen LogP contribution in [0.25, 0.3) is 0 Å². The molecule has 2 heterocycles. The fourth-order valence-corrected chi connectivity index (χ4v) is 5.42. The molecule has 4 rings (SSSR count). The average molecular weight is 526 g/mol. The number of carboxylic acids is 1. The third kappa shape index (κ3) is 5.11. The molecule has 0 spiro atoms. The Bertz CT molecular complexity index is 1390. The van der Waals surface area contributed by atoms with Crippen molar-refractivity contribution in [2.24, 2.45) is 0 Å². The first kappa shape index (κ1) is 25.4. The van der Waals surface area contributed by atoms with Crippen molar-refractivity contribution in [1.29, 1.82) is 0 Å². The molecule has 3 aromatic rings. The van der Waals surface area contributed by atoms with E-state index in [1.807, 2.05) is 0 Å². The van der Waals surface area contributed by atoms with Gasteiger partial charge in [0.25, 0.3) is 0 Å². The first-order chi connectivity index (χ1) is 16.9. The predicted molar refractivity (Wildman–Crippen MR) is 117 cm³/mol. The second-order valence-corrected chi connectivity index (χ2v) is 9.71. The number of pyridine rings is 1. The normalized spacial score (nSPS) is 16.3. The van der Waals surface area contributed by atoms with Crippen molar-refractivity contribution < 1.29 is 45.4 Å². The lowest BCUT2D eigenvalue weighted by atomic mass is 9.90. The van der Waals surface area contributed by atoms with Crippen LogP contribution in [0.2, 0.25) is 0 Å². The topological polar surface area (TPSA) is 106 Å². The van der Waals surface area contributed by atoms with Gasteiger partial charge >= 0.3 is 12.3 Å². The second-order valence-electron chi connectivity index (χ2n) is 7.82. The van der Waals surface area contributed by atoms with Crippen molar-refractivity contribution in [2.75, 3.05) is 6.54 Å². The molecule has 1 aliphatic heterocycles. The third-order valence-electron chi connectivity index (χ3n) is 5.51. The van der Waals surface area contributed by atoms with Gasteiger partial charge in [-0.05, 0) is 60.9 Å². The highest BCUT2D eigenvalue weighted by Crippen LogP contribution is 2.37. The molecule has 190 valence electrons. The van der Waals surface area contributed by atoms with E-state index in [4.69, 9.17) is 4.74 Å². The summed E-state index contributed by atoms with van der Waals surface area (Å²) < 4.78 is 87.9. The van der Waals surface area contributed by atoms with Crippen LogP contribution in [0.5, 0.6) is 17.4 Å². The Kier molecular flexibility index (Phi) is 6.62. The largest absolute Gasteiger partial charge is 0.573 e. The van der Waals surface area contributed by atoms with Crippen LogP contribution in [0.15, 0.2) is 59.6 Å². The number of hydrogen-bond acceptors (Lipinski definition) is 6. The summed E-state index contributed by atoms with van der Waals surface area (Å²) in [6.45, 7) is 1.52. The number of carbonyl (C=O) groups is 1. The molecule has 0 radical (unpaired) electrons. The van der Waals surface area contributed by atoms with E-state index in [0.29, 0.717) is 11.1 Å². The van der Waals surface area contributed by atoms with Crippen molar-refractivity contribution in [3.63, 3.8) is 0 Å². The molecule has 36 heavy (non-hydrogen) atoms. The SMILES string of the molecule is Cc1ccc(F)c2c1CCN(S(=O)(=O)c1ccc(Oc3ccc(OC(F)(F)F)cc3)nc1)C2C(=O)O. The molecule has 1 aromatic heterocycles. The van der Waals surface area contributed by atoms with E-state index in [-0.39, 0.29) is 35.1 Å². The van der Waals surface area contributed by atoms with Gasteiger partial charge in [-0.25, -0.2) is 17.8 Å². The summed E-state index contributed by atoms with van der Waals surface area (Å²) >= 11 is 0. The minimum Gasteiger partial charge on any atom is -0.480 e. The van der Waals surface area contributed by atoms with E-state index < -0.39 is 40.0 Å². The van der Waals surface area contributed by atoms with Gasteiger partial charge in [0.15, 0.2) is 6.04 Å². The van der Waals surface area contributed by atoms with Gasteiger partial charge < -0.3 is 14.6 Å². The van der Waals surface area contributed by atoms with Crippen LogP contribution in [0.3, 0.4) is 0 Å². The zero-order valence-electron chi connectivity index (χ0n) is 18.5. The second kappa shape index (κ2) is 9.39. The molecule has 0 saturated heterocycles. The summed E-state index contributed by atoms with van der Waals surface area (Å²) in [6.07, 6.45) is -3.76. The van der Waals surface area contributed by atoms with Crippen molar-refractivity contribution in [1.82, 2.24) is 9.29 Å². The lowest BCUT2D eigenvalue weighted by Crippen LogP contribution is -2.44. The van der Waals surface area contributed by atoms with Gasteiger partial charge in [0, 0.05) is 18.2 Å². The maximum absolute atomic E-state index is 14.6. The van der Waals surface area contributed by atoms with Gasteiger partial charge in [0.1, 0.15) is 22.2 Å². The maximum Gasteiger partial charge on any atom is 0.573 e. The van der Waals surface area contributed by atoms with Gasteiger partial charge in [-0.15, -0.1) is 13.2 Å². The van der Waals surface area contributed by atoms with E-state index in [9.17, 15) is 35.9 Å². The van der Waals surface area contributed by atoms with Gasteiger partial charge in [0.05, 0.1) is 6.20 Å². The van der Waals surface area contributed by atoms with Gasteiger partial charge in [-0.3, -0.25) is 4.79 Å². The first-order valence-corrected chi connectivity index (χ1v) is 11.8. The third-order valence-corrected chi connectivity index (χ3v) is 7.36. The van der Waals surface area contributed by atoms with E-state index >= 15 is 0 Å². The summed E-state index contributed by atoms with van der Waals surface area (Å²) in [6, 6.07) is 7.66. The van der Waals surface area contributed by atoms with Crippen molar-refractivity contribution in [2.45, 2.75) is 30.6 Å². The molecular formula is C23H18F4N2O6S. The Morgan fingerprint density at radius 1 is 1.08 bits per heavy atom. The number of aryl methyl sites for hydroxylation is 1. The number of carboxylic acid groups (broad SMARTS) is 1. The smallest absolute Gasteiger partial charge is 0.480 e. The van der Waals surface area contributed by atoms with Crippen molar-refractivity contribution in [3.05, 3.63) is 77.2 Å². The molecule has 1 N–H and O–H groups in total. The Balaban J connectivity index is 1.56. The van der Waals surface area contributed by atoms with E-state index in [1.54, 1.807) is 6.92 Å². The van der Waals surface area contributed by atoms with Gasteiger partial charge in [-0.2, -0.15) is 4.31 Å². The summed E-state index contributed by atoms with van der Waals surface area (Å²) in [7, 11) is -4.40. The zero-order chi connectivity index (χ0) is 26.3. The number of fused-ring (bicyclic) bond motifs is 1. The highest BCUT2D eigenvalue weighted by Gasteiger charge is 2.43. The Morgan fingerprint density at radius 2 is 1.75 bits per heavy atom. The summed E-state index contributed by atoms with van der Waals surface area (Å²) in [5, 5.41) is 9.79. The van der Waals surface area contributed by atoms with Crippen LogP contribution < -0.4 is 9.47 Å². The Labute approximate surface area is 202 Å². The van der Waals surface area contributed by atoms with E-state index in [2.05, 4.69) is 9.72 Å². The number of aliphatic carboxylic acids is 1. The molecular weight excluding hydrogens is 508 g/mol. The fourth-order valence-electron chi connectivity index (χ4n) is 3.92. The maximum atomic E-state index is 14.6. The quantitative estimate of drug-likeness (QED) is 0.468. The number of hydrogen-bond donors (Lipinski definition) is 1. The lowest BCUT2D eigenvalue weighted by Gasteiger charge is -2.34. The monoisotopic (exact) mass is 526 g/mol.